The lowest BCUT2D eigenvalue weighted by atomic mass is 10.1. The van der Waals surface area contributed by atoms with Crippen LogP contribution in [-0.4, -0.2) is 20.8 Å². The second-order valence-corrected chi connectivity index (χ2v) is 4.56. The lowest BCUT2D eigenvalue weighted by Gasteiger charge is -2.07. The van der Waals surface area contributed by atoms with Gasteiger partial charge >= 0.3 is 0 Å². The first-order chi connectivity index (χ1) is 9.51. The number of nitrogens with one attached hydrogen (secondary N) is 1. The van der Waals surface area contributed by atoms with Crippen molar-refractivity contribution in [2.75, 3.05) is 0 Å². The number of aryl methyl sites for hydroxylation is 2. The fourth-order valence-corrected chi connectivity index (χ4v) is 1.96. The summed E-state index contributed by atoms with van der Waals surface area (Å²) in [5.74, 6) is -0.701. The second kappa shape index (κ2) is 5.83. The number of carbonyl (C=O) groups excluding carboxylic acids is 1. The van der Waals surface area contributed by atoms with Crippen LogP contribution in [0.1, 0.15) is 27.3 Å². The van der Waals surface area contributed by atoms with Gasteiger partial charge in [0, 0.05) is 19.2 Å². The molecule has 0 saturated heterocycles. The molecule has 0 aliphatic heterocycles. The molecule has 0 bridgehead atoms. The number of rotatable bonds is 4. The number of carbonyl (C=O) groups is 1. The quantitative estimate of drug-likeness (QED) is 0.885. The number of aliphatic hydroxyl groups is 1. The van der Waals surface area contributed by atoms with Crippen molar-refractivity contribution in [1.29, 1.82) is 0 Å². The number of amides is 1. The molecular formula is C14H16FN3O2. The third-order valence-electron chi connectivity index (χ3n) is 2.97. The molecule has 0 radical (unpaired) electrons. The average Bonchev–Trinajstić information content (AvgIpc) is 2.76. The molecule has 0 aliphatic carbocycles. The van der Waals surface area contributed by atoms with Crippen molar-refractivity contribution >= 4 is 5.91 Å². The van der Waals surface area contributed by atoms with Crippen LogP contribution in [0.3, 0.4) is 0 Å². The van der Waals surface area contributed by atoms with Crippen LogP contribution in [-0.2, 0) is 20.2 Å². The van der Waals surface area contributed by atoms with Crippen LogP contribution in [0.4, 0.5) is 4.39 Å². The van der Waals surface area contributed by atoms with E-state index in [9.17, 15) is 9.18 Å². The van der Waals surface area contributed by atoms with Gasteiger partial charge in [-0.1, -0.05) is 6.07 Å². The molecule has 1 aromatic carbocycles. The minimum atomic E-state index is -0.454. The van der Waals surface area contributed by atoms with Crippen molar-refractivity contribution in [3.8, 4) is 0 Å². The zero-order valence-electron chi connectivity index (χ0n) is 11.4. The molecule has 5 nitrogen and oxygen atoms in total. The zero-order valence-corrected chi connectivity index (χ0v) is 11.4. The first-order valence-electron chi connectivity index (χ1n) is 6.18. The van der Waals surface area contributed by atoms with E-state index < -0.39 is 5.82 Å². The average molecular weight is 277 g/mol. The number of hydrogen-bond donors (Lipinski definition) is 2. The van der Waals surface area contributed by atoms with E-state index in [4.69, 9.17) is 5.11 Å². The third kappa shape index (κ3) is 3.03. The molecule has 0 saturated carbocycles. The maximum atomic E-state index is 13.2. The Labute approximate surface area is 116 Å². The monoisotopic (exact) mass is 277 g/mol. The molecule has 106 valence electrons. The molecule has 0 aliphatic rings. The normalized spacial score (nSPS) is 10.6. The first kappa shape index (κ1) is 14.2. The summed E-state index contributed by atoms with van der Waals surface area (Å²) in [6.07, 6.45) is 0. The van der Waals surface area contributed by atoms with Crippen molar-refractivity contribution in [2.24, 2.45) is 7.05 Å². The van der Waals surface area contributed by atoms with E-state index in [1.807, 2.05) is 6.92 Å². The van der Waals surface area contributed by atoms with Gasteiger partial charge in [-0.25, -0.2) is 4.39 Å². The van der Waals surface area contributed by atoms with E-state index in [1.54, 1.807) is 19.2 Å². The van der Waals surface area contributed by atoms with E-state index >= 15 is 0 Å². The summed E-state index contributed by atoms with van der Waals surface area (Å²) in [5, 5.41) is 15.8. The Bertz CT molecular complexity index is 637. The summed E-state index contributed by atoms with van der Waals surface area (Å²) in [5.41, 5.74) is 2.17. The topological polar surface area (TPSA) is 67.2 Å². The maximum absolute atomic E-state index is 13.2. The van der Waals surface area contributed by atoms with Crippen molar-refractivity contribution in [2.45, 2.75) is 20.1 Å². The van der Waals surface area contributed by atoms with Crippen LogP contribution in [0, 0.1) is 12.7 Å². The molecule has 6 heteroatoms. The van der Waals surface area contributed by atoms with Gasteiger partial charge in [0.15, 0.2) is 0 Å². The fraction of sp³-hybridized carbons (Fsp3) is 0.286. The minimum Gasteiger partial charge on any atom is -0.392 e. The molecule has 20 heavy (non-hydrogen) atoms. The highest BCUT2D eigenvalue weighted by Crippen LogP contribution is 2.11. The number of hydrogen-bond acceptors (Lipinski definition) is 3. The van der Waals surface area contributed by atoms with Gasteiger partial charge in [0.1, 0.15) is 11.5 Å². The molecule has 1 heterocycles. The number of nitrogens with zero attached hydrogens (tertiary/aromatic N) is 2. The van der Waals surface area contributed by atoms with Gasteiger partial charge in [-0.2, -0.15) is 5.10 Å². The first-order valence-corrected chi connectivity index (χ1v) is 6.18. The van der Waals surface area contributed by atoms with E-state index in [1.165, 1.54) is 16.8 Å². The van der Waals surface area contributed by atoms with Crippen LogP contribution in [0.5, 0.6) is 0 Å². The molecule has 1 amide bonds. The summed E-state index contributed by atoms with van der Waals surface area (Å²) in [7, 11) is 1.70. The Morgan fingerprint density at radius 1 is 1.45 bits per heavy atom. The van der Waals surface area contributed by atoms with Crippen molar-refractivity contribution in [1.82, 2.24) is 15.1 Å². The van der Waals surface area contributed by atoms with Crippen LogP contribution in [0.15, 0.2) is 24.3 Å². The fourth-order valence-electron chi connectivity index (χ4n) is 1.96. The lowest BCUT2D eigenvalue weighted by molar-refractivity contribution is 0.0941. The zero-order chi connectivity index (χ0) is 14.7. The Hall–Kier alpha value is -2.21. The van der Waals surface area contributed by atoms with Gasteiger partial charge in [0.05, 0.1) is 12.3 Å². The van der Waals surface area contributed by atoms with Crippen molar-refractivity contribution in [3.05, 3.63) is 52.6 Å². The number of halogens is 1. The van der Waals surface area contributed by atoms with E-state index in [2.05, 4.69) is 10.4 Å². The molecule has 2 N–H and O–H groups in total. The number of aromatic nitrogens is 2. The predicted octanol–water partition coefficient (Wildman–Crippen LogP) is 1.29. The van der Waals surface area contributed by atoms with E-state index in [0.29, 0.717) is 5.69 Å². The predicted molar refractivity (Wildman–Crippen MR) is 71.4 cm³/mol. The molecular weight excluding hydrogens is 261 g/mol. The van der Waals surface area contributed by atoms with Gasteiger partial charge in [-0.3, -0.25) is 9.48 Å². The van der Waals surface area contributed by atoms with Crippen LogP contribution in [0.25, 0.3) is 0 Å². The third-order valence-corrected chi connectivity index (χ3v) is 2.97. The highest BCUT2D eigenvalue weighted by Gasteiger charge is 2.11. The molecule has 2 rings (SSSR count). The van der Waals surface area contributed by atoms with Gasteiger partial charge < -0.3 is 10.4 Å². The Morgan fingerprint density at radius 3 is 2.80 bits per heavy atom. The Balaban J connectivity index is 2.05. The van der Waals surface area contributed by atoms with Gasteiger partial charge in [-0.15, -0.1) is 0 Å². The molecule has 1 aromatic heterocycles. The van der Waals surface area contributed by atoms with Crippen LogP contribution < -0.4 is 5.32 Å². The van der Waals surface area contributed by atoms with E-state index in [-0.39, 0.29) is 24.6 Å². The smallest absolute Gasteiger partial charge is 0.269 e. The summed E-state index contributed by atoms with van der Waals surface area (Å²) in [4.78, 5) is 12.0. The van der Waals surface area contributed by atoms with Crippen molar-refractivity contribution in [3.63, 3.8) is 0 Å². The molecule has 0 unspecified atom stereocenters. The lowest BCUT2D eigenvalue weighted by Crippen LogP contribution is -2.25. The Kier molecular flexibility index (Phi) is 4.14. The summed E-state index contributed by atoms with van der Waals surface area (Å²) in [6, 6.07) is 6.08. The maximum Gasteiger partial charge on any atom is 0.269 e. The van der Waals surface area contributed by atoms with Gasteiger partial charge in [0.2, 0.25) is 0 Å². The minimum absolute atomic E-state index is 0.216. The summed E-state index contributed by atoms with van der Waals surface area (Å²) in [6.45, 7) is 1.70. The summed E-state index contributed by atoms with van der Waals surface area (Å²) >= 11 is 0. The Morgan fingerprint density at radius 2 is 2.20 bits per heavy atom. The molecule has 0 atom stereocenters. The summed E-state index contributed by atoms with van der Waals surface area (Å²) < 4.78 is 14.7. The number of benzene rings is 1. The van der Waals surface area contributed by atoms with Crippen LogP contribution >= 0.6 is 0 Å². The van der Waals surface area contributed by atoms with E-state index in [0.717, 1.165) is 11.3 Å². The largest absolute Gasteiger partial charge is 0.392 e. The molecule has 0 fully saturated rings. The van der Waals surface area contributed by atoms with Crippen LogP contribution in [0.2, 0.25) is 0 Å². The van der Waals surface area contributed by atoms with Gasteiger partial charge in [0.25, 0.3) is 5.91 Å². The standard InChI is InChI=1S/C14H16FN3O2/c1-9-5-13(18(2)17-9)14(20)16-7-10-3-4-12(15)11(6-10)8-19/h3-6,19H,7-8H2,1-2H3,(H,16,20). The highest BCUT2D eigenvalue weighted by atomic mass is 19.1. The SMILES string of the molecule is Cc1cc(C(=O)NCc2ccc(F)c(CO)c2)n(C)n1. The molecule has 0 spiro atoms. The second-order valence-electron chi connectivity index (χ2n) is 4.56. The van der Waals surface area contributed by atoms with Gasteiger partial charge in [-0.05, 0) is 30.7 Å². The highest BCUT2D eigenvalue weighted by molar-refractivity contribution is 5.92. The van der Waals surface area contributed by atoms with Crippen molar-refractivity contribution < 1.29 is 14.3 Å². The molecule has 2 aromatic rings. The number of aliphatic hydroxyl groups excluding tert-OH is 1.